The highest BCUT2D eigenvalue weighted by atomic mass is 16.4. The van der Waals surface area contributed by atoms with Gasteiger partial charge < -0.3 is 10.8 Å². The van der Waals surface area contributed by atoms with Crippen molar-refractivity contribution >= 4 is 5.97 Å². The van der Waals surface area contributed by atoms with Crippen molar-refractivity contribution in [3.05, 3.63) is 35.4 Å². The van der Waals surface area contributed by atoms with Crippen LogP contribution in [0.4, 0.5) is 0 Å². The molecule has 0 heterocycles. The van der Waals surface area contributed by atoms with Crippen molar-refractivity contribution < 1.29 is 9.90 Å². The molecule has 0 aromatic heterocycles. The lowest BCUT2D eigenvalue weighted by Gasteiger charge is -2.12. The second kappa shape index (κ2) is 5.51. The number of aryl methyl sites for hydroxylation is 1. The molecule has 0 aliphatic heterocycles. The second-order valence-electron chi connectivity index (χ2n) is 3.63. The van der Waals surface area contributed by atoms with Crippen molar-refractivity contribution in [2.45, 2.75) is 25.7 Å². The van der Waals surface area contributed by atoms with E-state index in [9.17, 15) is 4.79 Å². The Kier molecular flexibility index (Phi) is 4.31. The lowest BCUT2D eigenvalue weighted by Crippen LogP contribution is -2.16. The predicted octanol–water partition coefficient (Wildman–Crippen LogP) is 1.77. The summed E-state index contributed by atoms with van der Waals surface area (Å²) in [5, 5.41) is 8.72. The molecule has 3 N–H and O–H groups in total. The molecule has 1 aromatic rings. The summed E-state index contributed by atoms with van der Waals surface area (Å²) >= 11 is 0. The largest absolute Gasteiger partial charge is 0.481 e. The molecule has 0 bridgehead atoms. The van der Waals surface area contributed by atoms with Crippen molar-refractivity contribution in [3.8, 4) is 0 Å². The van der Waals surface area contributed by atoms with Crippen LogP contribution >= 0.6 is 0 Å². The molecular formula is C12H17NO2. The van der Waals surface area contributed by atoms with Gasteiger partial charge in [-0.25, -0.2) is 0 Å². The van der Waals surface area contributed by atoms with Crippen molar-refractivity contribution in [1.82, 2.24) is 0 Å². The summed E-state index contributed by atoms with van der Waals surface area (Å²) in [4.78, 5) is 10.6. The van der Waals surface area contributed by atoms with Gasteiger partial charge in [0.25, 0.3) is 0 Å². The summed E-state index contributed by atoms with van der Waals surface area (Å²) in [5.74, 6) is -0.876. The Bertz CT molecular complexity index is 319. The first kappa shape index (κ1) is 11.7. The summed E-state index contributed by atoms with van der Waals surface area (Å²) in [6.07, 6.45) is 1.09. The van der Waals surface area contributed by atoms with Crippen LogP contribution in [0, 0.1) is 0 Å². The molecule has 15 heavy (non-hydrogen) atoms. The van der Waals surface area contributed by atoms with E-state index in [-0.39, 0.29) is 12.3 Å². The molecule has 1 unspecified atom stereocenters. The van der Waals surface area contributed by atoms with Crippen LogP contribution in [-0.4, -0.2) is 17.6 Å². The van der Waals surface area contributed by atoms with Crippen LogP contribution in [0.2, 0.25) is 0 Å². The third-order valence-corrected chi connectivity index (χ3v) is 2.56. The lowest BCUT2D eigenvalue weighted by molar-refractivity contribution is -0.137. The molecule has 3 nitrogen and oxygen atoms in total. The van der Waals surface area contributed by atoms with Gasteiger partial charge in [0.2, 0.25) is 0 Å². The Labute approximate surface area is 89.9 Å². The van der Waals surface area contributed by atoms with Crippen molar-refractivity contribution in [3.63, 3.8) is 0 Å². The second-order valence-corrected chi connectivity index (χ2v) is 3.63. The number of carboxylic acids is 1. The number of carboxylic acid groups (broad SMARTS) is 1. The highest BCUT2D eigenvalue weighted by molar-refractivity contribution is 5.68. The molecule has 3 heteroatoms. The van der Waals surface area contributed by atoms with Crippen molar-refractivity contribution in [1.29, 1.82) is 0 Å². The standard InChI is InChI=1S/C12H17NO2/c1-2-9-3-5-10(6-4-9)11(8-13)7-12(14)15/h3-6,11H,2,7-8,13H2,1H3,(H,14,15). The van der Waals surface area contributed by atoms with Gasteiger partial charge in [0, 0.05) is 5.92 Å². The summed E-state index contributed by atoms with van der Waals surface area (Å²) in [6, 6.07) is 8.00. The molecular weight excluding hydrogens is 190 g/mol. The SMILES string of the molecule is CCc1ccc(C(CN)CC(=O)O)cc1. The number of benzene rings is 1. The number of rotatable bonds is 5. The average molecular weight is 207 g/mol. The Balaban J connectivity index is 2.78. The topological polar surface area (TPSA) is 63.3 Å². The number of hydrogen-bond acceptors (Lipinski definition) is 2. The summed E-state index contributed by atoms with van der Waals surface area (Å²) in [7, 11) is 0. The zero-order valence-electron chi connectivity index (χ0n) is 8.94. The normalized spacial score (nSPS) is 12.4. The van der Waals surface area contributed by atoms with Crippen LogP contribution in [0.25, 0.3) is 0 Å². The maximum absolute atomic E-state index is 10.6. The van der Waals surface area contributed by atoms with Gasteiger partial charge in [-0.05, 0) is 24.1 Å². The average Bonchev–Trinajstić information content (AvgIpc) is 2.26. The van der Waals surface area contributed by atoms with Crippen LogP contribution in [0.5, 0.6) is 0 Å². The molecule has 1 atom stereocenters. The quantitative estimate of drug-likeness (QED) is 0.773. The van der Waals surface area contributed by atoms with Crippen LogP contribution in [0.15, 0.2) is 24.3 Å². The molecule has 0 aliphatic rings. The van der Waals surface area contributed by atoms with Gasteiger partial charge in [-0.2, -0.15) is 0 Å². The minimum Gasteiger partial charge on any atom is -0.481 e. The molecule has 0 saturated carbocycles. The fourth-order valence-electron chi connectivity index (χ4n) is 1.57. The Hall–Kier alpha value is -1.35. The molecule has 0 saturated heterocycles. The molecule has 1 rings (SSSR count). The first-order valence-corrected chi connectivity index (χ1v) is 5.18. The van der Waals surface area contributed by atoms with Crippen LogP contribution in [-0.2, 0) is 11.2 Å². The zero-order chi connectivity index (χ0) is 11.3. The van der Waals surface area contributed by atoms with Gasteiger partial charge in [0.1, 0.15) is 0 Å². The highest BCUT2D eigenvalue weighted by Crippen LogP contribution is 2.19. The monoisotopic (exact) mass is 207 g/mol. The first-order chi connectivity index (χ1) is 7.17. The highest BCUT2D eigenvalue weighted by Gasteiger charge is 2.13. The van der Waals surface area contributed by atoms with E-state index < -0.39 is 5.97 Å². The molecule has 82 valence electrons. The zero-order valence-corrected chi connectivity index (χ0v) is 8.94. The van der Waals surface area contributed by atoms with E-state index in [1.807, 2.05) is 24.3 Å². The van der Waals surface area contributed by atoms with Gasteiger partial charge in [0.15, 0.2) is 0 Å². The fourth-order valence-corrected chi connectivity index (χ4v) is 1.57. The van der Waals surface area contributed by atoms with Crippen LogP contribution in [0.3, 0.4) is 0 Å². The van der Waals surface area contributed by atoms with Gasteiger partial charge in [0.05, 0.1) is 6.42 Å². The van der Waals surface area contributed by atoms with E-state index in [0.717, 1.165) is 12.0 Å². The fraction of sp³-hybridized carbons (Fsp3) is 0.417. The summed E-state index contributed by atoms with van der Waals surface area (Å²) < 4.78 is 0. The number of aliphatic carboxylic acids is 1. The molecule has 0 spiro atoms. The van der Waals surface area contributed by atoms with Gasteiger partial charge in [-0.15, -0.1) is 0 Å². The molecule has 0 aliphatic carbocycles. The molecule has 0 radical (unpaired) electrons. The van der Waals surface area contributed by atoms with Gasteiger partial charge in [-0.1, -0.05) is 31.2 Å². The minimum absolute atomic E-state index is 0.0755. The maximum Gasteiger partial charge on any atom is 0.304 e. The van der Waals surface area contributed by atoms with E-state index in [1.165, 1.54) is 5.56 Å². The Morgan fingerprint density at radius 2 is 2.00 bits per heavy atom. The van der Waals surface area contributed by atoms with Crippen LogP contribution < -0.4 is 5.73 Å². The van der Waals surface area contributed by atoms with Crippen molar-refractivity contribution in [2.24, 2.45) is 5.73 Å². The first-order valence-electron chi connectivity index (χ1n) is 5.18. The molecule has 0 fully saturated rings. The Morgan fingerprint density at radius 3 is 2.40 bits per heavy atom. The molecule has 1 aromatic carbocycles. The third-order valence-electron chi connectivity index (χ3n) is 2.56. The van der Waals surface area contributed by atoms with Gasteiger partial charge in [-0.3, -0.25) is 4.79 Å². The van der Waals surface area contributed by atoms with Gasteiger partial charge >= 0.3 is 5.97 Å². The van der Waals surface area contributed by atoms with E-state index in [2.05, 4.69) is 6.92 Å². The summed E-state index contributed by atoms with van der Waals surface area (Å²) in [6.45, 7) is 2.46. The minimum atomic E-state index is -0.801. The molecule has 0 amide bonds. The lowest BCUT2D eigenvalue weighted by atomic mass is 9.95. The summed E-state index contributed by atoms with van der Waals surface area (Å²) in [5.41, 5.74) is 7.83. The van der Waals surface area contributed by atoms with E-state index in [4.69, 9.17) is 10.8 Å². The smallest absolute Gasteiger partial charge is 0.304 e. The van der Waals surface area contributed by atoms with Crippen molar-refractivity contribution in [2.75, 3.05) is 6.54 Å². The maximum atomic E-state index is 10.6. The number of hydrogen-bond donors (Lipinski definition) is 2. The Morgan fingerprint density at radius 1 is 1.40 bits per heavy atom. The van der Waals surface area contributed by atoms with Crippen LogP contribution in [0.1, 0.15) is 30.4 Å². The third kappa shape index (κ3) is 3.36. The van der Waals surface area contributed by atoms with E-state index >= 15 is 0 Å². The predicted molar refractivity (Wildman–Crippen MR) is 59.9 cm³/mol. The number of nitrogens with two attached hydrogens (primary N) is 1. The van der Waals surface area contributed by atoms with E-state index in [1.54, 1.807) is 0 Å². The van der Waals surface area contributed by atoms with E-state index in [0.29, 0.717) is 6.54 Å². The number of carbonyl (C=O) groups is 1.